The number of nitrogens with zero attached hydrogens (tertiary/aromatic N) is 1. The van der Waals surface area contributed by atoms with Gasteiger partial charge in [-0.25, -0.2) is 4.39 Å². The molecule has 29 heavy (non-hydrogen) atoms. The van der Waals surface area contributed by atoms with Gasteiger partial charge in [-0.05, 0) is 43.0 Å². The summed E-state index contributed by atoms with van der Waals surface area (Å²) in [4.78, 5) is 26.6. The summed E-state index contributed by atoms with van der Waals surface area (Å²) in [6, 6.07) is 15.5. The monoisotopic (exact) mass is 395 g/mol. The number of rotatable bonds is 7. The quantitative estimate of drug-likeness (QED) is 0.400. The summed E-state index contributed by atoms with van der Waals surface area (Å²) in [6.07, 6.45) is 1.89. The molecule has 1 aliphatic heterocycles. The molecule has 0 N–H and O–H groups in total. The summed E-state index contributed by atoms with van der Waals surface area (Å²) >= 11 is 0. The molecular weight excluding hydrogens is 369 g/mol. The van der Waals surface area contributed by atoms with Crippen LogP contribution in [0.25, 0.3) is 0 Å². The van der Waals surface area contributed by atoms with Crippen LogP contribution in [0.3, 0.4) is 0 Å². The first kappa shape index (κ1) is 20.9. The molecule has 2 aromatic rings. The van der Waals surface area contributed by atoms with E-state index in [1.54, 1.807) is 12.1 Å². The molecule has 5 heteroatoms. The summed E-state index contributed by atoms with van der Waals surface area (Å²) in [7, 11) is 0. The fourth-order valence-corrected chi connectivity index (χ4v) is 4.17. The molecule has 4 nitrogen and oxygen atoms in total. The minimum absolute atomic E-state index is 0.210. The van der Waals surface area contributed by atoms with Gasteiger partial charge < -0.3 is 4.74 Å². The highest BCUT2D eigenvalue weighted by atomic mass is 19.1. The molecular formula is C24H26FNO3. The van der Waals surface area contributed by atoms with E-state index in [1.165, 1.54) is 12.1 Å². The zero-order chi connectivity index (χ0) is 20.9. The highest BCUT2D eigenvalue weighted by molar-refractivity contribution is 5.83. The minimum atomic E-state index is -0.705. The van der Waals surface area contributed by atoms with Crippen LogP contribution >= 0.6 is 0 Å². The number of piperidine rings is 1. The number of carbonyl (C=O) groups excluding carboxylic acids is 2. The summed E-state index contributed by atoms with van der Waals surface area (Å²) in [6.45, 7) is 7.22. The minimum Gasteiger partial charge on any atom is -0.465 e. The van der Waals surface area contributed by atoms with Crippen molar-refractivity contribution in [2.45, 2.75) is 31.2 Å². The van der Waals surface area contributed by atoms with Gasteiger partial charge in [-0.15, -0.1) is 0 Å². The van der Waals surface area contributed by atoms with Crippen LogP contribution in [0.1, 0.15) is 36.9 Å². The van der Waals surface area contributed by atoms with Crippen LogP contribution < -0.4 is 0 Å². The third kappa shape index (κ3) is 4.30. The molecule has 1 unspecified atom stereocenters. The highest BCUT2D eigenvalue weighted by Crippen LogP contribution is 2.40. The Balaban J connectivity index is 1.88. The second-order valence-corrected chi connectivity index (χ2v) is 7.35. The molecule has 1 heterocycles. The maximum atomic E-state index is 13.4. The van der Waals surface area contributed by atoms with Crippen molar-refractivity contribution in [3.8, 4) is 0 Å². The van der Waals surface area contributed by atoms with Crippen molar-refractivity contribution in [3.05, 3.63) is 83.7 Å². The van der Waals surface area contributed by atoms with E-state index in [1.807, 2.05) is 37.3 Å². The summed E-state index contributed by atoms with van der Waals surface area (Å²) in [5, 5.41) is 0. The number of halogens is 1. The van der Waals surface area contributed by atoms with E-state index >= 15 is 0 Å². The first-order valence-corrected chi connectivity index (χ1v) is 9.88. The molecule has 1 saturated heterocycles. The lowest BCUT2D eigenvalue weighted by Crippen LogP contribution is -2.49. The van der Waals surface area contributed by atoms with Crippen LogP contribution in [0.4, 0.5) is 4.39 Å². The number of aldehydes is 1. The molecule has 1 atom stereocenters. The smallest absolute Gasteiger partial charge is 0.316 e. The highest BCUT2D eigenvalue weighted by Gasteiger charge is 2.45. The van der Waals surface area contributed by atoms with Crippen molar-refractivity contribution in [2.75, 3.05) is 19.7 Å². The average Bonchev–Trinajstić information content (AvgIpc) is 2.76. The molecule has 0 aliphatic carbocycles. The maximum absolute atomic E-state index is 13.4. The predicted molar refractivity (Wildman–Crippen MR) is 110 cm³/mol. The Morgan fingerprint density at radius 1 is 1.17 bits per heavy atom. The van der Waals surface area contributed by atoms with Crippen molar-refractivity contribution in [1.29, 1.82) is 0 Å². The van der Waals surface area contributed by atoms with Crippen molar-refractivity contribution >= 4 is 12.3 Å². The van der Waals surface area contributed by atoms with Gasteiger partial charge in [0.15, 0.2) is 0 Å². The van der Waals surface area contributed by atoms with Gasteiger partial charge in [-0.2, -0.15) is 0 Å². The van der Waals surface area contributed by atoms with Crippen molar-refractivity contribution in [2.24, 2.45) is 0 Å². The molecule has 152 valence electrons. The molecule has 0 bridgehead atoms. The maximum Gasteiger partial charge on any atom is 0.316 e. The van der Waals surface area contributed by atoms with Gasteiger partial charge in [0, 0.05) is 18.7 Å². The van der Waals surface area contributed by atoms with Crippen LogP contribution in [-0.4, -0.2) is 36.9 Å². The Bertz CT molecular complexity index is 855. The van der Waals surface area contributed by atoms with E-state index in [-0.39, 0.29) is 17.8 Å². The van der Waals surface area contributed by atoms with Crippen molar-refractivity contribution < 1.29 is 18.7 Å². The summed E-state index contributed by atoms with van der Waals surface area (Å²) < 4.78 is 18.8. The van der Waals surface area contributed by atoms with Crippen LogP contribution in [0.2, 0.25) is 0 Å². The van der Waals surface area contributed by atoms with Gasteiger partial charge in [0.2, 0.25) is 0 Å². The Kier molecular flexibility index (Phi) is 6.60. The second-order valence-electron chi connectivity index (χ2n) is 7.35. The van der Waals surface area contributed by atoms with Gasteiger partial charge >= 0.3 is 5.97 Å². The first-order valence-electron chi connectivity index (χ1n) is 9.88. The van der Waals surface area contributed by atoms with Gasteiger partial charge in [-0.1, -0.05) is 49.0 Å². The fraction of sp³-hybridized carbons (Fsp3) is 0.333. The number of carbonyl (C=O) groups is 2. The van der Waals surface area contributed by atoms with Crippen LogP contribution in [-0.2, 0) is 19.7 Å². The van der Waals surface area contributed by atoms with Crippen LogP contribution in [0.15, 0.2) is 66.7 Å². The number of esters is 1. The Morgan fingerprint density at radius 3 is 2.34 bits per heavy atom. The molecule has 1 fully saturated rings. The van der Waals surface area contributed by atoms with E-state index in [2.05, 4.69) is 11.5 Å². The molecule has 0 radical (unpaired) electrons. The lowest BCUT2D eigenvalue weighted by atomic mass is 9.72. The Hall–Kier alpha value is -2.79. The number of hydrogen-bond donors (Lipinski definition) is 0. The Labute approximate surface area is 171 Å². The standard InChI is InChI=1S/C24H26FNO3/c1-3-29-23(28)24(20-7-5-4-6-8-20)13-15-26(16-14-24)22(18(2)17-27)19-9-11-21(25)12-10-19/h4-12,17,22H,2-3,13-16H2,1H3. The number of hydrogen-bond acceptors (Lipinski definition) is 4. The lowest BCUT2D eigenvalue weighted by molar-refractivity contribution is -0.152. The van der Waals surface area contributed by atoms with Crippen LogP contribution in [0.5, 0.6) is 0 Å². The molecule has 0 spiro atoms. The van der Waals surface area contributed by atoms with E-state index in [4.69, 9.17) is 4.74 Å². The van der Waals surface area contributed by atoms with Gasteiger partial charge in [0.05, 0.1) is 18.1 Å². The van der Waals surface area contributed by atoms with E-state index in [9.17, 15) is 14.0 Å². The predicted octanol–water partition coefficient (Wildman–Crippen LogP) is 4.22. The number of benzene rings is 2. The topological polar surface area (TPSA) is 46.6 Å². The zero-order valence-corrected chi connectivity index (χ0v) is 16.6. The average molecular weight is 395 g/mol. The van der Waals surface area contributed by atoms with Gasteiger partial charge in [0.25, 0.3) is 0 Å². The van der Waals surface area contributed by atoms with Crippen molar-refractivity contribution in [1.82, 2.24) is 4.90 Å². The largest absolute Gasteiger partial charge is 0.465 e. The van der Waals surface area contributed by atoms with E-state index < -0.39 is 5.41 Å². The molecule has 0 aromatic heterocycles. The normalized spacial score (nSPS) is 17.3. The summed E-state index contributed by atoms with van der Waals surface area (Å²) in [5.74, 6) is -0.535. The third-order valence-corrected chi connectivity index (χ3v) is 5.70. The molecule has 3 rings (SSSR count). The molecule has 2 aromatic carbocycles. The van der Waals surface area contributed by atoms with Crippen LogP contribution in [0, 0.1) is 5.82 Å². The lowest BCUT2D eigenvalue weighted by Gasteiger charge is -2.43. The zero-order valence-electron chi connectivity index (χ0n) is 16.6. The Morgan fingerprint density at radius 2 is 1.79 bits per heavy atom. The molecule has 0 amide bonds. The van der Waals surface area contributed by atoms with E-state index in [0.29, 0.717) is 38.1 Å². The number of likely N-dealkylation sites (tertiary alicyclic amines) is 1. The van der Waals surface area contributed by atoms with Crippen molar-refractivity contribution in [3.63, 3.8) is 0 Å². The fourth-order valence-electron chi connectivity index (χ4n) is 4.17. The third-order valence-electron chi connectivity index (χ3n) is 5.70. The SMILES string of the molecule is C=C(C=O)C(c1ccc(F)cc1)N1CCC(C(=O)OCC)(c2ccccc2)CC1. The summed E-state index contributed by atoms with van der Waals surface area (Å²) in [5.41, 5.74) is 1.47. The second kappa shape index (κ2) is 9.14. The molecule has 1 aliphatic rings. The van der Waals surface area contributed by atoms with Gasteiger partial charge in [0.1, 0.15) is 12.1 Å². The van der Waals surface area contributed by atoms with Gasteiger partial charge in [-0.3, -0.25) is 14.5 Å². The van der Waals surface area contributed by atoms with E-state index in [0.717, 1.165) is 17.4 Å². The molecule has 0 saturated carbocycles. The first-order chi connectivity index (χ1) is 14.0. The number of ether oxygens (including phenoxy) is 1.